The van der Waals surface area contributed by atoms with E-state index in [1.165, 1.54) is 0 Å². The highest BCUT2D eigenvalue weighted by molar-refractivity contribution is 5.94. The molecule has 0 atom stereocenters. The number of anilines is 1. The van der Waals surface area contributed by atoms with E-state index in [0.717, 1.165) is 23.5 Å². The number of nitrogens with zero attached hydrogens (tertiary/aromatic N) is 2. The van der Waals surface area contributed by atoms with E-state index >= 15 is 0 Å². The summed E-state index contributed by atoms with van der Waals surface area (Å²) < 4.78 is 13.2. The summed E-state index contributed by atoms with van der Waals surface area (Å²) in [6.07, 6.45) is 0.278. The maximum absolute atomic E-state index is 12.7. The van der Waals surface area contributed by atoms with Crippen LogP contribution in [0.2, 0.25) is 0 Å². The van der Waals surface area contributed by atoms with E-state index in [9.17, 15) is 4.79 Å². The molecule has 6 nitrogen and oxygen atoms in total. The van der Waals surface area contributed by atoms with Gasteiger partial charge in [-0.1, -0.05) is 13.8 Å². The van der Waals surface area contributed by atoms with Gasteiger partial charge in [-0.25, -0.2) is 0 Å². The number of hydrogen-bond donors (Lipinski definition) is 1. The molecular formula is C21H31N3O3. The average molecular weight is 373 g/mol. The zero-order chi connectivity index (χ0) is 20.0. The zero-order valence-electron chi connectivity index (χ0n) is 17.3. The lowest BCUT2D eigenvalue weighted by molar-refractivity contribution is -0.115. The van der Waals surface area contributed by atoms with Crippen LogP contribution >= 0.6 is 0 Å². The molecule has 1 heterocycles. The fourth-order valence-electron chi connectivity index (χ4n) is 3.01. The summed E-state index contributed by atoms with van der Waals surface area (Å²) in [6.45, 7) is 14.1. The molecule has 0 saturated heterocycles. The Bertz CT molecular complexity index is 781. The third-order valence-corrected chi connectivity index (χ3v) is 4.24. The van der Waals surface area contributed by atoms with Crippen LogP contribution in [0.5, 0.6) is 11.5 Å². The van der Waals surface area contributed by atoms with Crippen LogP contribution in [0, 0.1) is 19.8 Å². The van der Waals surface area contributed by atoms with Crippen LogP contribution in [0.4, 0.5) is 5.69 Å². The number of carbonyl (C=O) groups excluding carboxylic acids is 1. The van der Waals surface area contributed by atoms with E-state index in [4.69, 9.17) is 9.47 Å². The second kappa shape index (κ2) is 9.44. The number of ether oxygens (including phenoxy) is 2. The molecule has 0 fully saturated rings. The number of aromatic nitrogens is 2. The zero-order valence-corrected chi connectivity index (χ0v) is 17.3. The number of carbonyl (C=O) groups is 1. The molecule has 148 valence electrons. The van der Waals surface area contributed by atoms with Gasteiger partial charge in [-0.05, 0) is 45.7 Å². The minimum absolute atomic E-state index is 0.0973. The Labute approximate surface area is 161 Å². The average Bonchev–Trinajstić information content (AvgIpc) is 2.84. The molecule has 6 heteroatoms. The molecular weight excluding hydrogens is 342 g/mol. The summed E-state index contributed by atoms with van der Waals surface area (Å²) in [4.78, 5) is 12.7. The Morgan fingerprint density at radius 2 is 1.89 bits per heavy atom. The van der Waals surface area contributed by atoms with Crippen molar-refractivity contribution in [1.82, 2.24) is 9.78 Å². The predicted octanol–water partition coefficient (Wildman–Crippen LogP) is 4.13. The first-order valence-corrected chi connectivity index (χ1v) is 9.58. The van der Waals surface area contributed by atoms with Crippen molar-refractivity contribution < 1.29 is 14.3 Å². The number of aryl methyl sites for hydroxylation is 1. The molecule has 2 aromatic rings. The molecule has 0 bridgehead atoms. The molecule has 0 saturated carbocycles. The van der Waals surface area contributed by atoms with E-state index < -0.39 is 0 Å². The molecule has 1 aromatic carbocycles. The molecule has 0 spiro atoms. The van der Waals surface area contributed by atoms with Gasteiger partial charge in [0.25, 0.3) is 0 Å². The molecule has 1 N–H and O–H groups in total. The third kappa shape index (κ3) is 5.49. The van der Waals surface area contributed by atoms with Crippen LogP contribution in [0.1, 0.15) is 44.6 Å². The Hall–Kier alpha value is -2.50. The van der Waals surface area contributed by atoms with Gasteiger partial charge in [0, 0.05) is 23.9 Å². The van der Waals surface area contributed by atoms with E-state index in [1.54, 1.807) is 6.07 Å². The normalized spacial score (nSPS) is 10.9. The number of nitrogens with one attached hydrogen (secondary N) is 1. The molecule has 0 aliphatic heterocycles. The molecule has 0 radical (unpaired) electrons. The van der Waals surface area contributed by atoms with Gasteiger partial charge in [-0.15, -0.1) is 0 Å². The minimum Gasteiger partial charge on any atom is -0.494 e. The van der Waals surface area contributed by atoms with Crippen LogP contribution in [-0.4, -0.2) is 28.9 Å². The second-order valence-corrected chi connectivity index (χ2v) is 6.97. The smallest absolute Gasteiger partial charge is 0.229 e. The first kappa shape index (κ1) is 20.8. The van der Waals surface area contributed by atoms with Crippen molar-refractivity contribution in [3.05, 3.63) is 35.2 Å². The summed E-state index contributed by atoms with van der Waals surface area (Å²) in [5, 5.41) is 7.55. The van der Waals surface area contributed by atoms with Crippen molar-refractivity contribution in [2.75, 3.05) is 18.5 Å². The van der Waals surface area contributed by atoms with E-state index in [2.05, 4.69) is 24.3 Å². The number of rotatable bonds is 9. The standard InChI is InChI=1S/C21H31N3O3/c1-7-26-17-9-10-20(27-8-2)19(11-17)22-21(25)12-18-15(5)23-24(16(18)6)13-14(3)4/h9-11,14H,7-8,12-13H2,1-6H3,(H,22,25). The quantitative estimate of drug-likeness (QED) is 0.718. The van der Waals surface area contributed by atoms with Crippen LogP contribution in [0.3, 0.4) is 0 Å². The van der Waals surface area contributed by atoms with Gasteiger partial charge >= 0.3 is 0 Å². The number of hydrogen-bond acceptors (Lipinski definition) is 4. The van der Waals surface area contributed by atoms with Crippen LogP contribution in [0.15, 0.2) is 18.2 Å². The van der Waals surface area contributed by atoms with Gasteiger partial charge in [-0.3, -0.25) is 9.48 Å². The third-order valence-electron chi connectivity index (χ3n) is 4.24. The van der Waals surface area contributed by atoms with E-state index in [0.29, 0.717) is 36.3 Å². The maximum Gasteiger partial charge on any atom is 0.229 e. The van der Waals surface area contributed by atoms with Gasteiger partial charge < -0.3 is 14.8 Å². The Morgan fingerprint density at radius 1 is 1.19 bits per heavy atom. The minimum atomic E-state index is -0.0973. The topological polar surface area (TPSA) is 65.4 Å². The highest BCUT2D eigenvalue weighted by atomic mass is 16.5. The molecule has 0 unspecified atom stereocenters. The van der Waals surface area contributed by atoms with E-state index in [1.807, 2.05) is 44.5 Å². The largest absolute Gasteiger partial charge is 0.494 e. The number of benzene rings is 1. The molecule has 2 rings (SSSR count). The molecule has 1 amide bonds. The first-order valence-electron chi connectivity index (χ1n) is 9.58. The predicted molar refractivity (Wildman–Crippen MR) is 108 cm³/mol. The van der Waals surface area contributed by atoms with Gasteiger partial charge in [0.05, 0.1) is 31.0 Å². The SMILES string of the molecule is CCOc1ccc(OCC)c(NC(=O)Cc2c(C)nn(CC(C)C)c2C)c1. The molecule has 1 aromatic heterocycles. The Balaban J connectivity index is 2.18. The Kier molecular flexibility index (Phi) is 7.28. The van der Waals surface area contributed by atoms with Crippen molar-refractivity contribution in [3.63, 3.8) is 0 Å². The van der Waals surface area contributed by atoms with Gasteiger partial charge in [0.15, 0.2) is 0 Å². The summed E-state index contributed by atoms with van der Waals surface area (Å²) in [5.41, 5.74) is 3.55. The van der Waals surface area contributed by atoms with Gasteiger partial charge in [-0.2, -0.15) is 5.10 Å². The summed E-state index contributed by atoms with van der Waals surface area (Å²) in [5.74, 6) is 1.74. The fraction of sp³-hybridized carbons (Fsp3) is 0.524. The van der Waals surface area contributed by atoms with Gasteiger partial charge in [0.1, 0.15) is 11.5 Å². The molecule has 0 aliphatic rings. The van der Waals surface area contributed by atoms with Crippen molar-refractivity contribution in [1.29, 1.82) is 0 Å². The lowest BCUT2D eigenvalue weighted by atomic mass is 10.1. The van der Waals surface area contributed by atoms with Crippen molar-refractivity contribution >= 4 is 11.6 Å². The van der Waals surface area contributed by atoms with E-state index in [-0.39, 0.29) is 12.3 Å². The highest BCUT2D eigenvalue weighted by Gasteiger charge is 2.17. The van der Waals surface area contributed by atoms with Crippen LogP contribution in [-0.2, 0) is 17.8 Å². The fourth-order valence-corrected chi connectivity index (χ4v) is 3.01. The van der Waals surface area contributed by atoms with Crippen molar-refractivity contribution in [2.45, 2.75) is 54.5 Å². The lowest BCUT2D eigenvalue weighted by Crippen LogP contribution is -2.16. The number of amides is 1. The van der Waals surface area contributed by atoms with Crippen molar-refractivity contribution in [2.24, 2.45) is 5.92 Å². The van der Waals surface area contributed by atoms with Crippen molar-refractivity contribution in [3.8, 4) is 11.5 Å². The first-order chi connectivity index (χ1) is 12.8. The molecule has 27 heavy (non-hydrogen) atoms. The molecule has 0 aliphatic carbocycles. The monoisotopic (exact) mass is 373 g/mol. The highest BCUT2D eigenvalue weighted by Crippen LogP contribution is 2.30. The summed E-state index contributed by atoms with van der Waals surface area (Å²) in [7, 11) is 0. The maximum atomic E-state index is 12.7. The Morgan fingerprint density at radius 3 is 2.52 bits per heavy atom. The van der Waals surface area contributed by atoms with Crippen LogP contribution < -0.4 is 14.8 Å². The summed E-state index contributed by atoms with van der Waals surface area (Å²) >= 11 is 0. The lowest BCUT2D eigenvalue weighted by Gasteiger charge is -2.14. The summed E-state index contributed by atoms with van der Waals surface area (Å²) in [6, 6.07) is 5.46. The van der Waals surface area contributed by atoms with Crippen LogP contribution in [0.25, 0.3) is 0 Å². The van der Waals surface area contributed by atoms with Gasteiger partial charge in [0.2, 0.25) is 5.91 Å². The second-order valence-electron chi connectivity index (χ2n) is 6.97.